The maximum Gasteiger partial charge on any atom is 0.155 e. The average molecular weight is 234 g/mol. The molecule has 1 atom stereocenters. The van der Waals surface area contributed by atoms with Gasteiger partial charge in [-0.3, -0.25) is 0 Å². The van der Waals surface area contributed by atoms with E-state index in [4.69, 9.17) is 9.47 Å². The van der Waals surface area contributed by atoms with Gasteiger partial charge < -0.3 is 9.47 Å². The summed E-state index contributed by atoms with van der Waals surface area (Å²) in [5.74, 6) is 0.206. The monoisotopic (exact) mass is 234 g/mol. The van der Waals surface area contributed by atoms with E-state index in [9.17, 15) is 8.42 Å². The van der Waals surface area contributed by atoms with Gasteiger partial charge in [-0.2, -0.15) is 0 Å². The van der Waals surface area contributed by atoms with Gasteiger partial charge in [0.2, 0.25) is 0 Å². The normalized spacial score (nSPS) is 29.5. The van der Waals surface area contributed by atoms with Crippen molar-refractivity contribution >= 4 is 9.84 Å². The van der Waals surface area contributed by atoms with Crippen LogP contribution in [0.5, 0.6) is 0 Å². The molecule has 2 fully saturated rings. The molecular weight excluding hydrogens is 216 g/mol. The summed E-state index contributed by atoms with van der Waals surface area (Å²) in [5.41, 5.74) is 0. The molecule has 0 aromatic rings. The Labute approximate surface area is 90.9 Å². The lowest BCUT2D eigenvalue weighted by molar-refractivity contribution is 0.0972. The Kier molecular flexibility index (Phi) is 3.64. The molecule has 1 unspecified atom stereocenters. The van der Waals surface area contributed by atoms with Crippen molar-refractivity contribution in [3.63, 3.8) is 0 Å². The fourth-order valence-electron chi connectivity index (χ4n) is 2.21. The molecule has 0 spiro atoms. The summed E-state index contributed by atoms with van der Waals surface area (Å²) in [6, 6.07) is 0. The first kappa shape index (κ1) is 11.4. The molecule has 2 heterocycles. The minimum absolute atomic E-state index is 0.0576. The molecule has 2 saturated heterocycles. The van der Waals surface area contributed by atoms with Crippen LogP contribution in [0.3, 0.4) is 0 Å². The minimum atomic E-state index is -2.97. The van der Waals surface area contributed by atoms with Crippen LogP contribution in [-0.4, -0.2) is 45.3 Å². The molecule has 2 rings (SSSR count). The fourth-order valence-corrected chi connectivity index (χ4v) is 4.17. The molecule has 0 N–H and O–H groups in total. The Morgan fingerprint density at radius 3 is 2.40 bits per heavy atom. The van der Waals surface area contributed by atoms with Crippen LogP contribution in [0.15, 0.2) is 0 Å². The van der Waals surface area contributed by atoms with Crippen LogP contribution in [-0.2, 0) is 19.3 Å². The number of hydrogen-bond acceptors (Lipinski definition) is 4. The van der Waals surface area contributed by atoms with E-state index in [2.05, 4.69) is 0 Å². The Morgan fingerprint density at radius 2 is 1.80 bits per heavy atom. The predicted octanol–water partition coefficient (Wildman–Crippen LogP) is 0.759. The highest BCUT2D eigenvalue weighted by molar-refractivity contribution is 7.92. The zero-order chi connectivity index (χ0) is 10.7. The third-order valence-electron chi connectivity index (χ3n) is 3.12. The zero-order valence-electron chi connectivity index (χ0n) is 8.85. The van der Waals surface area contributed by atoms with Gasteiger partial charge in [-0.25, -0.2) is 8.42 Å². The van der Waals surface area contributed by atoms with Crippen molar-refractivity contribution in [2.45, 2.75) is 37.0 Å². The maximum atomic E-state index is 12.0. The number of rotatable bonds is 3. The number of sulfone groups is 1. The topological polar surface area (TPSA) is 52.6 Å². The summed E-state index contributed by atoms with van der Waals surface area (Å²) < 4.78 is 34.6. The predicted molar refractivity (Wildman–Crippen MR) is 56.6 cm³/mol. The van der Waals surface area contributed by atoms with Gasteiger partial charge in [0.25, 0.3) is 0 Å². The highest BCUT2D eigenvalue weighted by Gasteiger charge is 2.31. The molecule has 0 amide bonds. The zero-order valence-corrected chi connectivity index (χ0v) is 9.67. The molecule has 0 aromatic heterocycles. The van der Waals surface area contributed by atoms with Crippen molar-refractivity contribution < 1.29 is 17.9 Å². The van der Waals surface area contributed by atoms with Gasteiger partial charge in [0.05, 0.1) is 17.1 Å². The van der Waals surface area contributed by atoms with Gasteiger partial charge in [-0.15, -0.1) is 0 Å². The van der Waals surface area contributed by atoms with Gasteiger partial charge >= 0.3 is 0 Å². The van der Waals surface area contributed by atoms with Crippen LogP contribution in [0.25, 0.3) is 0 Å². The van der Waals surface area contributed by atoms with Gasteiger partial charge in [0, 0.05) is 19.8 Å². The van der Waals surface area contributed by atoms with E-state index in [1.807, 2.05) is 0 Å². The molecule has 0 aliphatic carbocycles. The molecule has 0 radical (unpaired) electrons. The van der Waals surface area contributed by atoms with E-state index >= 15 is 0 Å². The molecule has 0 bridgehead atoms. The van der Waals surface area contributed by atoms with Gasteiger partial charge in [0.1, 0.15) is 0 Å². The SMILES string of the molecule is O=S(=O)(CC1CCCO1)C1CCOCC1. The molecule has 88 valence electrons. The molecule has 15 heavy (non-hydrogen) atoms. The molecule has 2 aliphatic heterocycles. The van der Waals surface area contributed by atoms with Crippen LogP contribution in [0, 0.1) is 0 Å². The van der Waals surface area contributed by atoms with E-state index in [-0.39, 0.29) is 17.1 Å². The molecule has 2 aliphatic rings. The molecular formula is C10H18O4S. The first-order valence-corrected chi connectivity index (χ1v) is 7.31. The van der Waals surface area contributed by atoms with E-state index in [1.54, 1.807) is 0 Å². The lowest BCUT2D eigenvalue weighted by Crippen LogP contribution is -2.34. The smallest absolute Gasteiger partial charge is 0.155 e. The third kappa shape index (κ3) is 2.92. The molecule has 0 saturated carbocycles. The van der Waals surface area contributed by atoms with E-state index in [0.29, 0.717) is 32.7 Å². The lowest BCUT2D eigenvalue weighted by Gasteiger charge is -2.23. The first-order chi connectivity index (χ1) is 7.18. The molecule has 0 aromatic carbocycles. The molecule has 5 heteroatoms. The molecule has 4 nitrogen and oxygen atoms in total. The van der Waals surface area contributed by atoms with Crippen molar-refractivity contribution in [2.75, 3.05) is 25.6 Å². The van der Waals surface area contributed by atoms with Gasteiger partial charge in [-0.05, 0) is 25.7 Å². The van der Waals surface area contributed by atoms with Crippen molar-refractivity contribution in [3.8, 4) is 0 Å². The van der Waals surface area contributed by atoms with Crippen LogP contribution in [0.2, 0.25) is 0 Å². The summed E-state index contributed by atoms with van der Waals surface area (Å²) >= 11 is 0. The second-order valence-electron chi connectivity index (χ2n) is 4.28. The van der Waals surface area contributed by atoms with Crippen LogP contribution in [0.1, 0.15) is 25.7 Å². The standard InChI is InChI=1S/C10H18O4S/c11-15(12,8-9-2-1-5-14-9)10-3-6-13-7-4-10/h9-10H,1-8H2. The Balaban J connectivity index is 1.92. The highest BCUT2D eigenvalue weighted by Crippen LogP contribution is 2.21. The Hall–Kier alpha value is -0.130. The van der Waals surface area contributed by atoms with Crippen LogP contribution < -0.4 is 0 Å². The van der Waals surface area contributed by atoms with Gasteiger partial charge in [-0.1, -0.05) is 0 Å². The summed E-state index contributed by atoms with van der Waals surface area (Å²) in [6.45, 7) is 1.87. The minimum Gasteiger partial charge on any atom is -0.381 e. The first-order valence-electron chi connectivity index (χ1n) is 5.59. The maximum absolute atomic E-state index is 12.0. The largest absolute Gasteiger partial charge is 0.381 e. The third-order valence-corrected chi connectivity index (χ3v) is 5.44. The van der Waals surface area contributed by atoms with Crippen molar-refractivity contribution in [1.29, 1.82) is 0 Å². The Bertz CT molecular complexity index is 287. The van der Waals surface area contributed by atoms with E-state index in [0.717, 1.165) is 12.8 Å². The van der Waals surface area contributed by atoms with Crippen molar-refractivity contribution in [3.05, 3.63) is 0 Å². The Morgan fingerprint density at radius 1 is 1.07 bits per heavy atom. The summed E-state index contributed by atoms with van der Waals surface area (Å²) in [5, 5.41) is -0.199. The van der Waals surface area contributed by atoms with Crippen LogP contribution in [0.4, 0.5) is 0 Å². The van der Waals surface area contributed by atoms with E-state index < -0.39 is 9.84 Å². The van der Waals surface area contributed by atoms with Crippen LogP contribution >= 0.6 is 0 Å². The highest BCUT2D eigenvalue weighted by atomic mass is 32.2. The quantitative estimate of drug-likeness (QED) is 0.723. The van der Waals surface area contributed by atoms with Gasteiger partial charge in [0.15, 0.2) is 9.84 Å². The number of hydrogen-bond donors (Lipinski definition) is 0. The fraction of sp³-hybridized carbons (Fsp3) is 1.00. The van der Waals surface area contributed by atoms with Crippen molar-refractivity contribution in [1.82, 2.24) is 0 Å². The van der Waals surface area contributed by atoms with E-state index in [1.165, 1.54) is 0 Å². The summed E-state index contributed by atoms with van der Waals surface area (Å²) in [6.07, 6.45) is 3.12. The second-order valence-corrected chi connectivity index (χ2v) is 6.60. The number of ether oxygens (including phenoxy) is 2. The summed E-state index contributed by atoms with van der Waals surface area (Å²) in [4.78, 5) is 0. The summed E-state index contributed by atoms with van der Waals surface area (Å²) in [7, 11) is -2.97. The van der Waals surface area contributed by atoms with Crippen molar-refractivity contribution in [2.24, 2.45) is 0 Å². The second kappa shape index (κ2) is 4.80. The lowest BCUT2D eigenvalue weighted by atomic mass is 10.2. The average Bonchev–Trinajstić information content (AvgIpc) is 2.71.